The number of benzene rings is 1. The number of amides is 1. The van der Waals surface area contributed by atoms with Crippen molar-refractivity contribution in [2.24, 2.45) is 5.92 Å². The lowest BCUT2D eigenvalue weighted by atomic mass is 10.1. The summed E-state index contributed by atoms with van der Waals surface area (Å²) in [4.78, 5) is 13.6. The fourth-order valence-electron chi connectivity index (χ4n) is 1.63. The van der Waals surface area contributed by atoms with Crippen LogP contribution >= 0.6 is 0 Å². The Hall–Kier alpha value is -1.71. The van der Waals surface area contributed by atoms with Gasteiger partial charge in [0.25, 0.3) is 0 Å². The number of hydrogen-bond donors (Lipinski definition) is 1. The van der Waals surface area contributed by atoms with Crippen molar-refractivity contribution in [3.05, 3.63) is 24.3 Å². The molecule has 0 bridgehead atoms. The predicted octanol–water partition coefficient (Wildman–Crippen LogP) is 2.54. The maximum atomic E-state index is 11.8. The molecule has 2 N–H and O–H groups in total. The largest absolute Gasteiger partial charge is 0.491 e. The SMILES string of the molecule is CC(C)CCN(C)C(=O)CCOc1ccccc1N. The normalized spacial score (nSPS) is 10.5. The van der Waals surface area contributed by atoms with Crippen molar-refractivity contribution >= 4 is 11.6 Å². The summed E-state index contributed by atoms with van der Waals surface area (Å²) in [5.74, 6) is 1.35. The molecule has 0 saturated carbocycles. The molecule has 0 atom stereocenters. The third kappa shape index (κ3) is 5.64. The van der Waals surface area contributed by atoms with Crippen LogP contribution in [0.15, 0.2) is 24.3 Å². The van der Waals surface area contributed by atoms with E-state index in [4.69, 9.17) is 10.5 Å². The van der Waals surface area contributed by atoms with Crippen LogP contribution in [-0.4, -0.2) is 31.0 Å². The second kappa shape index (κ2) is 7.67. The highest BCUT2D eigenvalue weighted by atomic mass is 16.5. The highest BCUT2D eigenvalue weighted by molar-refractivity contribution is 5.76. The first-order chi connectivity index (χ1) is 9.00. The van der Waals surface area contributed by atoms with Gasteiger partial charge in [0.05, 0.1) is 18.7 Å². The highest BCUT2D eigenvalue weighted by Crippen LogP contribution is 2.19. The Kier molecular flexibility index (Phi) is 6.19. The van der Waals surface area contributed by atoms with E-state index in [1.54, 1.807) is 11.0 Å². The summed E-state index contributed by atoms with van der Waals surface area (Å²) in [6.45, 7) is 5.46. The zero-order valence-electron chi connectivity index (χ0n) is 12.1. The first-order valence-electron chi connectivity index (χ1n) is 6.72. The third-order valence-electron chi connectivity index (χ3n) is 2.96. The smallest absolute Gasteiger partial charge is 0.225 e. The van der Waals surface area contributed by atoms with Crippen LogP contribution in [-0.2, 0) is 4.79 Å². The number of nitrogens with zero attached hydrogens (tertiary/aromatic N) is 1. The highest BCUT2D eigenvalue weighted by Gasteiger charge is 2.09. The van der Waals surface area contributed by atoms with Crippen LogP contribution in [0.1, 0.15) is 26.7 Å². The number of nitrogen functional groups attached to an aromatic ring is 1. The molecule has 4 heteroatoms. The van der Waals surface area contributed by atoms with E-state index >= 15 is 0 Å². The first kappa shape index (κ1) is 15.3. The van der Waals surface area contributed by atoms with Crippen LogP contribution in [0, 0.1) is 5.92 Å². The Morgan fingerprint density at radius 2 is 2.05 bits per heavy atom. The van der Waals surface area contributed by atoms with Gasteiger partial charge in [-0.2, -0.15) is 0 Å². The monoisotopic (exact) mass is 264 g/mol. The van der Waals surface area contributed by atoms with Crippen LogP contribution < -0.4 is 10.5 Å². The molecule has 0 aliphatic carbocycles. The first-order valence-corrected chi connectivity index (χ1v) is 6.72. The molecule has 0 aliphatic heterocycles. The van der Waals surface area contributed by atoms with E-state index < -0.39 is 0 Å². The molecule has 0 aromatic heterocycles. The van der Waals surface area contributed by atoms with Crippen molar-refractivity contribution in [2.45, 2.75) is 26.7 Å². The van der Waals surface area contributed by atoms with Crippen molar-refractivity contribution in [1.82, 2.24) is 4.90 Å². The van der Waals surface area contributed by atoms with Crippen molar-refractivity contribution in [1.29, 1.82) is 0 Å². The Bertz CT molecular complexity index is 405. The molecular formula is C15H24N2O2. The lowest BCUT2D eigenvalue weighted by Crippen LogP contribution is -2.29. The lowest BCUT2D eigenvalue weighted by molar-refractivity contribution is -0.130. The van der Waals surface area contributed by atoms with Crippen LogP contribution in [0.2, 0.25) is 0 Å². The van der Waals surface area contributed by atoms with E-state index in [0.29, 0.717) is 30.4 Å². The zero-order chi connectivity index (χ0) is 14.3. The quantitative estimate of drug-likeness (QED) is 0.770. The number of hydrogen-bond acceptors (Lipinski definition) is 3. The molecule has 0 saturated heterocycles. The topological polar surface area (TPSA) is 55.6 Å². The number of para-hydroxylation sites is 2. The Morgan fingerprint density at radius 3 is 2.68 bits per heavy atom. The van der Waals surface area contributed by atoms with E-state index in [1.165, 1.54) is 0 Å². The van der Waals surface area contributed by atoms with Crippen LogP contribution in [0.3, 0.4) is 0 Å². The van der Waals surface area contributed by atoms with Gasteiger partial charge in [-0.3, -0.25) is 4.79 Å². The molecule has 0 aliphatic rings. The summed E-state index contributed by atoms with van der Waals surface area (Å²) in [6, 6.07) is 7.31. The van der Waals surface area contributed by atoms with E-state index in [1.807, 2.05) is 25.2 Å². The molecule has 1 aromatic rings. The molecular weight excluding hydrogens is 240 g/mol. The molecule has 0 spiro atoms. The lowest BCUT2D eigenvalue weighted by Gasteiger charge is -2.18. The van der Waals surface area contributed by atoms with Gasteiger partial charge in [-0.05, 0) is 24.5 Å². The van der Waals surface area contributed by atoms with Crippen molar-refractivity contribution in [3.8, 4) is 5.75 Å². The molecule has 1 aromatic carbocycles. The van der Waals surface area contributed by atoms with Gasteiger partial charge in [0.1, 0.15) is 5.75 Å². The molecule has 0 fully saturated rings. The molecule has 0 heterocycles. The Morgan fingerprint density at radius 1 is 1.37 bits per heavy atom. The van der Waals surface area contributed by atoms with Crippen molar-refractivity contribution in [2.75, 3.05) is 25.9 Å². The maximum absolute atomic E-state index is 11.8. The standard InChI is InChI=1S/C15H24N2O2/c1-12(2)8-10-17(3)15(18)9-11-19-14-7-5-4-6-13(14)16/h4-7,12H,8-11,16H2,1-3H3. The second-order valence-electron chi connectivity index (χ2n) is 5.13. The average Bonchev–Trinajstić information content (AvgIpc) is 2.38. The fraction of sp³-hybridized carbons (Fsp3) is 0.533. The molecule has 0 radical (unpaired) electrons. The molecule has 106 valence electrons. The Labute approximate surface area is 115 Å². The van der Waals surface area contributed by atoms with E-state index in [-0.39, 0.29) is 5.91 Å². The minimum atomic E-state index is 0.107. The summed E-state index contributed by atoms with van der Waals surface area (Å²) < 4.78 is 5.51. The molecule has 0 unspecified atom stereocenters. The van der Waals surface area contributed by atoms with Gasteiger partial charge < -0.3 is 15.4 Å². The number of rotatable bonds is 7. The Balaban J connectivity index is 2.29. The van der Waals surface area contributed by atoms with Gasteiger partial charge in [-0.25, -0.2) is 0 Å². The van der Waals surface area contributed by atoms with Gasteiger partial charge in [0.15, 0.2) is 0 Å². The van der Waals surface area contributed by atoms with Crippen molar-refractivity contribution in [3.63, 3.8) is 0 Å². The van der Waals surface area contributed by atoms with Gasteiger partial charge >= 0.3 is 0 Å². The average molecular weight is 264 g/mol. The summed E-state index contributed by atoms with van der Waals surface area (Å²) in [6.07, 6.45) is 1.40. The van der Waals surface area contributed by atoms with Gasteiger partial charge in [-0.1, -0.05) is 26.0 Å². The summed E-state index contributed by atoms with van der Waals surface area (Å²) in [5, 5.41) is 0. The maximum Gasteiger partial charge on any atom is 0.225 e. The summed E-state index contributed by atoms with van der Waals surface area (Å²) >= 11 is 0. The molecule has 4 nitrogen and oxygen atoms in total. The van der Waals surface area contributed by atoms with E-state index in [0.717, 1.165) is 13.0 Å². The van der Waals surface area contributed by atoms with Gasteiger partial charge in [-0.15, -0.1) is 0 Å². The summed E-state index contributed by atoms with van der Waals surface area (Å²) in [7, 11) is 1.83. The third-order valence-corrected chi connectivity index (χ3v) is 2.96. The number of anilines is 1. The van der Waals surface area contributed by atoms with Gasteiger partial charge in [0.2, 0.25) is 5.91 Å². The minimum Gasteiger partial charge on any atom is -0.491 e. The zero-order valence-corrected chi connectivity index (χ0v) is 12.1. The number of ether oxygens (including phenoxy) is 1. The minimum absolute atomic E-state index is 0.107. The second-order valence-corrected chi connectivity index (χ2v) is 5.13. The van der Waals surface area contributed by atoms with Crippen LogP contribution in [0.25, 0.3) is 0 Å². The number of carbonyl (C=O) groups is 1. The van der Waals surface area contributed by atoms with E-state index in [9.17, 15) is 4.79 Å². The molecule has 19 heavy (non-hydrogen) atoms. The number of nitrogens with two attached hydrogens (primary N) is 1. The molecule has 1 rings (SSSR count). The van der Waals surface area contributed by atoms with Crippen LogP contribution in [0.4, 0.5) is 5.69 Å². The fourth-order valence-corrected chi connectivity index (χ4v) is 1.63. The summed E-state index contributed by atoms with van der Waals surface area (Å²) in [5.41, 5.74) is 6.36. The van der Waals surface area contributed by atoms with Crippen molar-refractivity contribution < 1.29 is 9.53 Å². The predicted molar refractivity (Wildman–Crippen MR) is 78.1 cm³/mol. The molecule has 1 amide bonds. The van der Waals surface area contributed by atoms with Gasteiger partial charge in [0, 0.05) is 13.6 Å². The van der Waals surface area contributed by atoms with E-state index in [2.05, 4.69) is 13.8 Å². The van der Waals surface area contributed by atoms with Crippen LogP contribution in [0.5, 0.6) is 5.75 Å². The number of carbonyl (C=O) groups excluding carboxylic acids is 1.